The number of hydrogen-bond donors (Lipinski definition) is 1. The summed E-state index contributed by atoms with van der Waals surface area (Å²) in [7, 11) is -3.89. The molecule has 0 radical (unpaired) electrons. The molecule has 2 aliphatic rings. The maximum Gasteiger partial charge on any atom is 0.371 e. The van der Waals surface area contributed by atoms with Crippen LogP contribution in [0.1, 0.15) is 50.1 Å². The van der Waals surface area contributed by atoms with Gasteiger partial charge in [-0.1, -0.05) is 0 Å². The molecule has 26 heavy (non-hydrogen) atoms. The van der Waals surface area contributed by atoms with Crippen LogP contribution in [-0.2, 0) is 14.8 Å². The van der Waals surface area contributed by atoms with Gasteiger partial charge in [0, 0.05) is 31.1 Å². The normalized spacial score (nSPS) is 25.5. The van der Waals surface area contributed by atoms with E-state index in [-0.39, 0.29) is 42.1 Å². The van der Waals surface area contributed by atoms with Gasteiger partial charge >= 0.3 is 5.97 Å². The fraction of sp³-hybridized carbons (Fsp3) is 0.647. The van der Waals surface area contributed by atoms with Crippen molar-refractivity contribution in [1.29, 1.82) is 0 Å². The first kappa shape index (κ1) is 18.9. The molecule has 2 saturated heterocycles. The van der Waals surface area contributed by atoms with E-state index in [1.165, 1.54) is 4.31 Å². The van der Waals surface area contributed by atoms with Gasteiger partial charge in [0.25, 0.3) is 10.0 Å². The van der Waals surface area contributed by atoms with E-state index in [2.05, 4.69) is 13.8 Å². The Kier molecular flexibility index (Phi) is 5.12. The van der Waals surface area contributed by atoms with E-state index in [1.54, 1.807) is 0 Å². The fourth-order valence-electron chi connectivity index (χ4n) is 3.88. The molecule has 2 aliphatic heterocycles. The fourth-order valence-corrected chi connectivity index (χ4v) is 5.27. The van der Waals surface area contributed by atoms with Gasteiger partial charge in [-0.25, -0.2) is 13.2 Å². The summed E-state index contributed by atoms with van der Waals surface area (Å²) in [6.07, 6.45) is 2.93. The number of carbonyl (C=O) groups is 2. The zero-order valence-corrected chi connectivity index (χ0v) is 15.7. The van der Waals surface area contributed by atoms with Crippen molar-refractivity contribution in [2.24, 2.45) is 5.92 Å². The van der Waals surface area contributed by atoms with Gasteiger partial charge < -0.3 is 14.4 Å². The summed E-state index contributed by atoms with van der Waals surface area (Å²) in [5.41, 5.74) is 0. The molecule has 1 aromatic rings. The van der Waals surface area contributed by atoms with Crippen LogP contribution >= 0.6 is 0 Å². The van der Waals surface area contributed by atoms with Crippen molar-refractivity contribution in [3.05, 3.63) is 17.9 Å². The molecule has 3 heterocycles. The summed E-state index contributed by atoms with van der Waals surface area (Å²) in [5, 5.41) is 8.50. The lowest BCUT2D eigenvalue weighted by atomic mass is 9.96. The minimum absolute atomic E-state index is 0.116. The van der Waals surface area contributed by atoms with Gasteiger partial charge in [0.05, 0.1) is 0 Å². The van der Waals surface area contributed by atoms with Gasteiger partial charge in [0.2, 0.25) is 16.8 Å². The third-order valence-corrected chi connectivity index (χ3v) is 7.17. The monoisotopic (exact) mass is 384 g/mol. The number of aromatic carboxylic acids is 1. The van der Waals surface area contributed by atoms with Crippen molar-refractivity contribution in [2.45, 2.75) is 56.7 Å². The van der Waals surface area contributed by atoms with Crippen LogP contribution in [0.15, 0.2) is 21.6 Å². The predicted octanol–water partition coefficient (Wildman–Crippen LogP) is 1.78. The van der Waals surface area contributed by atoms with Crippen LogP contribution in [0, 0.1) is 5.92 Å². The van der Waals surface area contributed by atoms with Crippen LogP contribution in [0.5, 0.6) is 0 Å². The number of hydrogen-bond acceptors (Lipinski definition) is 5. The highest BCUT2D eigenvalue weighted by atomic mass is 32.2. The number of furan rings is 1. The molecule has 144 valence electrons. The average Bonchev–Trinajstić information content (AvgIpc) is 3.22. The lowest BCUT2D eigenvalue weighted by Crippen LogP contribution is -2.47. The van der Waals surface area contributed by atoms with Gasteiger partial charge in [-0.05, 0) is 51.7 Å². The standard InChI is InChI=1S/C17H24N2O6S/c1-11-3-4-12(2)19(11)16(20)13-7-9-18(10-8-13)26(23,24)15-6-5-14(25-15)17(21)22/h5-6,11-13H,3-4,7-10H2,1-2H3,(H,21,22). The van der Waals surface area contributed by atoms with E-state index >= 15 is 0 Å². The Labute approximate surface area is 152 Å². The Balaban J connectivity index is 1.66. The Bertz CT molecular complexity index is 784. The first-order chi connectivity index (χ1) is 12.2. The van der Waals surface area contributed by atoms with Gasteiger partial charge in [-0.3, -0.25) is 4.79 Å². The molecule has 9 heteroatoms. The van der Waals surface area contributed by atoms with Gasteiger partial charge in [0.15, 0.2) is 0 Å². The van der Waals surface area contributed by atoms with Crippen molar-refractivity contribution in [3.63, 3.8) is 0 Å². The quantitative estimate of drug-likeness (QED) is 0.848. The molecule has 0 bridgehead atoms. The maximum absolute atomic E-state index is 12.8. The Morgan fingerprint density at radius 1 is 1.08 bits per heavy atom. The van der Waals surface area contributed by atoms with Crippen LogP contribution < -0.4 is 0 Å². The summed E-state index contributed by atoms with van der Waals surface area (Å²) in [4.78, 5) is 25.6. The zero-order valence-electron chi connectivity index (χ0n) is 14.9. The molecule has 2 atom stereocenters. The summed E-state index contributed by atoms with van der Waals surface area (Å²) in [6.45, 7) is 4.55. The molecule has 1 aromatic heterocycles. The van der Waals surface area contributed by atoms with Crippen molar-refractivity contribution < 1.29 is 27.5 Å². The molecular weight excluding hydrogens is 360 g/mol. The minimum atomic E-state index is -3.89. The number of carboxylic acids is 1. The predicted molar refractivity (Wildman–Crippen MR) is 92.2 cm³/mol. The van der Waals surface area contributed by atoms with E-state index in [9.17, 15) is 18.0 Å². The SMILES string of the molecule is CC1CCC(C)N1C(=O)C1CCN(S(=O)(=O)c2ccc(C(=O)O)o2)CC1. The maximum atomic E-state index is 12.8. The summed E-state index contributed by atoms with van der Waals surface area (Å²) < 4.78 is 31.4. The molecule has 1 N–H and O–H groups in total. The number of carboxylic acid groups (broad SMARTS) is 1. The van der Waals surface area contributed by atoms with E-state index in [4.69, 9.17) is 9.52 Å². The number of piperidine rings is 1. The molecule has 0 aromatic carbocycles. The Morgan fingerprint density at radius 2 is 1.65 bits per heavy atom. The van der Waals surface area contributed by atoms with E-state index in [0.717, 1.165) is 25.0 Å². The van der Waals surface area contributed by atoms with Crippen LogP contribution in [-0.4, -0.2) is 59.8 Å². The van der Waals surface area contributed by atoms with Crippen molar-refractivity contribution in [1.82, 2.24) is 9.21 Å². The molecule has 1 amide bonds. The van der Waals surface area contributed by atoms with Crippen LogP contribution in [0.25, 0.3) is 0 Å². The number of sulfonamides is 1. The number of rotatable bonds is 4. The van der Waals surface area contributed by atoms with Crippen LogP contribution in [0.4, 0.5) is 0 Å². The number of nitrogens with zero attached hydrogens (tertiary/aromatic N) is 2. The van der Waals surface area contributed by atoms with Crippen LogP contribution in [0.3, 0.4) is 0 Å². The third kappa shape index (κ3) is 3.37. The lowest BCUT2D eigenvalue weighted by molar-refractivity contribution is -0.139. The Morgan fingerprint density at radius 3 is 2.15 bits per heavy atom. The van der Waals surface area contributed by atoms with Gasteiger partial charge in [0.1, 0.15) is 0 Å². The van der Waals surface area contributed by atoms with Crippen molar-refractivity contribution >= 4 is 21.9 Å². The highest BCUT2D eigenvalue weighted by molar-refractivity contribution is 7.89. The number of carbonyl (C=O) groups excluding carboxylic acids is 1. The van der Waals surface area contributed by atoms with Crippen molar-refractivity contribution in [3.8, 4) is 0 Å². The average molecular weight is 384 g/mol. The molecule has 0 spiro atoms. The molecule has 0 saturated carbocycles. The highest BCUT2D eigenvalue weighted by Gasteiger charge is 2.39. The van der Waals surface area contributed by atoms with Gasteiger partial charge in [-0.2, -0.15) is 4.31 Å². The van der Waals surface area contributed by atoms with Gasteiger partial charge in [-0.15, -0.1) is 0 Å². The molecule has 2 unspecified atom stereocenters. The zero-order chi connectivity index (χ0) is 19.1. The first-order valence-electron chi connectivity index (χ1n) is 8.87. The van der Waals surface area contributed by atoms with E-state index in [0.29, 0.717) is 12.8 Å². The second-order valence-electron chi connectivity index (χ2n) is 7.12. The van der Waals surface area contributed by atoms with Crippen LogP contribution in [0.2, 0.25) is 0 Å². The molecule has 3 rings (SSSR count). The topological polar surface area (TPSA) is 108 Å². The molecule has 8 nitrogen and oxygen atoms in total. The number of likely N-dealkylation sites (tertiary alicyclic amines) is 1. The number of amides is 1. The second kappa shape index (κ2) is 7.03. The lowest BCUT2D eigenvalue weighted by Gasteiger charge is -2.35. The largest absolute Gasteiger partial charge is 0.475 e. The second-order valence-corrected chi connectivity index (χ2v) is 8.99. The Hall–Kier alpha value is -1.87. The smallest absolute Gasteiger partial charge is 0.371 e. The summed E-state index contributed by atoms with van der Waals surface area (Å²) in [5.74, 6) is -1.78. The minimum Gasteiger partial charge on any atom is -0.475 e. The van der Waals surface area contributed by atoms with E-state index < -0.39 is 21.8 Å². The van der Waals surface area contributed by atoms with E-state index in [1.807, 2.05) is 4.90 Å². The molecule has 2 fully saturated rings. The molecular formula is C17H24N2O6S. The third-order valence-electron chi connectivity index (χ3n) is 5.40. The van der Waals surface area contributed by atoms with Crippen molar-refractivity contribution in [2.75, 3.05) is 13.1 Å². The summed E-state index contributed by atoms with van der Waals surface area (Å²) >= 11 is 0. The first-order valence-corrected chi connectivity index (χ1v) is 10.3. The highest BCUT2D eigenvalue weighted by Crippen LogP contribution is 2.30. The summed E-state index contributed by atoms with van der Waals surface area (Å²) in [6, 6.07) is 2.75. The molecule has 0 aliphatic carbocycles.